The summed E-state index contributed by atoms with van der Waals surface area (Å²) in [5, 5.41) is 2.96. The highest BCUT2D eigenvalue weighted by atomic mass is 16.2. The molecule has 8 heteroatoms. The first-order valence-electron chi connectivity index (χ1n) is 10.9. The highest BCUT2D eigenvalue weighted by Gasteiger charge is 2.24. The second kappa shape index (κ2) is 8.63. The zero-order valence-electron chi connectivity index (χ0n) is 18.2. The van der Waals surface area contributed by atoms with Gasteiger partial charge in [-0.3, -0.25) is 9.69 Å². The van der Waals surface area contributed by atoms with E-state index < -0.39 is 0 Å². The van der Waals surface area contributed by atoms with Crippen molar-refractivity contribution in [3.05, 3.63) is 29.6 Å². The summed E-state index contributed by atoms with van der Waals surface area (Å²) in [7, 11) is 2.03. The van der Waals surface area contributed by atoms with Crippen LogP contribution in [0.5, 0.6) is 0 Å². The molecule has 0 aliphatic carbocycles. The normalized spacial score (nSPS) is 17.9. The van der Waals surface area contributed by atoms with Gasteiger partial charge in [0.25, 0.3) is 5.91 Å². The number of aromatic nitrogens is 2. The molecule has 0 atom stereocenters. The number of fused-ring (bicyclic) bond motifs is 1. The van der Waals surface area contributed by atoms with E-state index in [1.54, 1.807) is 0 Å². The topological polar surface area (TPSA) is 73.7 Å². The van der Waals surface area contributed by atoms with Crippen LogP contribution in [0.1, 0.15) is 42.9 Å². The number of urea groups is 1. The number of nitrogens with one attached hydrogen (secondary N) is 1. The zero-order chi connectivity index (χ0) is 21.3. The van der Waals surface area contributed by atoms with Gasteiger partial charge in [0.05, 0.1) is 17.6 Å². The van der Waals surface area contributed by atoms with Gasteiger partial charge in [0, 0.05) is 57.9 Å². The molecule has 3 amide bonds. The van der Waals surface area contributed by atoms with Crippen LogP contribution in [0, 0.1) is 0 Å². The predicted molar refractivity (Wildman–Crippen MR) is 116 cm³/mol. The molecule has 162 valence electrons. The highest BCUT2D eigenvalue weighted by Crippen LogP contribution is 2.21. The molecule has 1 aromatic carbocycles. The molecule has 2 aromatic rings. The Balaban J connectivity index is 1.42. The molecular weight excluding hydrogens is 380 g/mol. The molecule has 8 nitrogen and oxygen atoms in total. The second-order valence-electron chi connectivity index (χ2n) is 8.66. The van der Waals surface area contributed by atoms with Gasteiger partial charge in [0.1, 0.15) is 5.82 Å². The molecule has 2 aliphatic rings. The largest absolute Gasteiger partial charge is 0.339 e. The molecular formula is C22H32N6O2. The Morgan fingerprint density at radius 1 is 1.03 bits per heavy atom. The summed E-state index contributed by atoms with van der Waals surface area (Å²) in [6, 6.07) is 6.01. The minimum Gasteiger partial charge on any atom is -0.339 e. The van der Waals surface area contributed by atoms with Gasteiger partial charge >= 0.3 is 6.03 Å². The van der Waals surface area contributed by atoms with Crippen LogP contribution >= 0.6 is 0 Å². The smallest absolute Gasteiger partial charge is 0.317 e. The third kappa shape index (κ3) is 4.28. The Morgan fingerprint density at radius 2 is 1.73 bits per heavy atom. The van der Waals surface area contributed by atoms with Gasteiger partial charge in [-0.2, -0.15) is 0 Å². The minimum atomic E-state index is 0.0163. The summed E-state index contributed by atoms with van der Waals surface area (Å²) >= 11 is 0. The average molecular weight is 413 g/mol. The van der Waals surface area contributed by atoms with E-state index in [0.717, 1.165) is 81.1 Å². The molecule has 30 heavy (non-hydrogen) atoms. The fourth-order valence-corrected chi connectivity index (χ4v) is 4.27. The lowest BCUT2D eigenvalue weighted by Gasteiger charge is -2.34. The number of likely N-dealkylation sites (tertiary alicyclic amines) is 1. The number of benzene rings is 1. The van der Waals surface area contributed by atoms with Crippen LogP contribution in [-0.2, 0) is 13.6 Å². The monoisotopic (exact) mass is 412 g/mol. The summed E-state index contributed by atoms with van der Waals surface area (Å²) in [4.78, 5) is 35.8. The van der Waals surface area contributed by atoms with Crippen molar-refractivity contribution in [1.82, 2.24) is 29.6 Å². The molecule has 3 heterocycles. The number of hydrogen-bond acceptors (Lipinski definition) is 4. The van der Waals surface area contributed by atoms with Crippen LogP contribution in [0.2, 0.25) is 0 Å². The summed E-state index contributed by atoms with van der Waals surface area (Å²) in [5.41, 5.74) is 2.63. The number of aryl methyl sites for hydroxylation is 1. The van der Waals surface area contributed by atoms with Crippen LogP contribution < -0.4 is 5.32 Å². The maximum absolute atomic E-state index is 12.7. The lowest BCUT2D eigenvalue weighted by molar-refractivity contribution is 0.0793. The Hall–Kier alpha value is -2.61. The lowest BCUT2D eigenvalue weighted by Crippen LogP contribution is -2.52. The Morgan fingerprint density at radius 3 is 2.40 bits per heavy atom. The molecule has 0 unspecified atom stereocenters. The van der Waals surface area contributed by atoms with Crippen molar-refractivity contribution in [1.29, 1.82) is 0 Å². The Labute approximate surface area is 177 Å². The van der Waals surface area contributed by atoms with Crippen molar-refractivity contribution < 1.29 is 9.59 Å². The third-order valence-electron chi connectivity index (χ3n) is 6.05. The predicted octanol–water partition coefficient (Wildman–Crippen LogP) is 2.04. The third-order valence-corrected chi connectivity index (χ3v) is 6.05. The van der Waals surface area contributed by atoms with Gasteiger partial charge in [-0.05, 0) is 44.9 Å². The number of imidazole rings is 1. The molecule has 2 aliphatic heterocycles. The lowest BCUT2D eigenvalue weighted by atomic mass is 10.2. The number of carbonyl (C=O) groups is 2. The number of hydrogen-bond donors (Lipinski definition) is 1. The summed E-state index contributed by atoms with van der Waals surface area (Å²) < 4.78 is 2.11. The number of carbonyl (C=O) groups excluding carboxylic acids is 2. The molecule has 2 saturated heterocycles. The van der Waals surface area contributed by atoms with Crippen LogP contribution in [-0.4, -0.2) is 81.5 Å². The van der Waals surface area contributed by atoms with Crippen LogP contribution in [0.3, 0.4) is 0 Å². The van der Waals surface area contributed by atoms with Crippen LogP contribution in [0.15, 0.2) is 18.2 Å². The average Bonchev–Trinajstić information content (AvgIpc) is 3.36. The number of piperazine rings is 1. The molecule has 1 N–H and O–H groups in total. The van der Waals surface area contributed by atoms with Gasteiger partial charge in [0.2, 0.25) is 0 Å². The molecule has 0 saturated carbocycles. The van der Waals surface area contributed by atoms with E-state index in [1.807, 2.05) is 48.9 Å². The van der Waals surface area contributed by atoms with Gasteiger partial charge in [-0.1, -0.05) is 0 Å². The zero-order valence-corrected chi connectivity index (χ0v) is 18.2. The molecule has 4 rings (SSSR count). The molecule has 0 spiro atoms. The number of amides is 3. The summed E-state index contributed by atoms with van der Waals surface area (Å²) in [5.74, 6) is 1.09. The first-order chi connectivity index (χ1) is 14.4. The van der Waals surface area contributed by atoms with Crippen molar-refractivity contribution in [3.63, 3.8) is 0 Å². The first-order valence-corrected chi connectivity index (χ1v) is 10.9. The maximum atomic E-state index is 12.7. The second-order valence-corrected chi connectivity index (χ2v) is 8.66. The quantitative estimate of drug-likeness (QED) is 0.834. The van der Waals surface area contributed by atoms with E-state index in [4.69, 9.17) is 4.98 Å². The Kier molecular flexibility index (Phi) is 5.94. The first kappa shape index (κ1) is 20.7. The van der Waals surface area contributed by atoms with E-state index in [1.165, 1.54) is 0 Å². The van der Waals surface area contributed by atoms with E-state index in [0.29, 0.717) is 0 Å². The maximum Gasteiger partial charge on any atom is 0.317 e. The van der Waals surface area contributed by atoms with Gasteiger partial charge in [0.15, 0.2) is 0 Å². The van der Waals surface area contributed by atoms with Crippen molar-refractivity contribution in [2.24, 2.45) is 7.05 Å². The Bertz CT molecular complexity index is 923. The minimum absolute atomic E-state index is 0.0163. The molecule has 2 fully saturated rings. The van der Waals surface area contributed by atoms with E-state index in [-0.39, 0.29) is 18.0 Å². The fourth-order valence-electron chi connectivity index (χ4n) is 4.27. The molecule has 0 radical (unpaired) electrons. The van der Waals surface area contributed by atoms with Crippen molar-refractivity contribution in [2.45, 2.75) is 39.3 Å². The van der Waals surface area contributed by atoms with Crippen LogP contribution in [0.4, 0.5) is 4.79 Å². The number of rotatable bonds is 4. The summed E-state index contributed by atoms with van der Waals surface area (Å²) in [6.07, 6.45) is 2.18. The van der Waals surface area contributed by atoms with Crippen molar-refractivity contribution >= 4 is 23.0 Å². The van der Waals surface area contributed by atoms with Gasteiger partial charge in [-0.25, -0.2) is 9.78 Å². The van der Waals surface area contributed by atoms with Gasteiger partial charge < -0.3 is 19.7 Å². The van der Waals surface area contributed by atoms with E-state index in [2.05, 4.69) is 14.8 Å². The van der Waals surface area contributed by atoms with Crippen LogP contribution in [0.25, 0.3) is 11.0 Å². The molecule has 1 aromatic heterocycles. The van der Waals surface area contributed by atoms with E-state index >= 15 is 0 Å². The standard InChI is InChI=1S/C22H32N6O2/c1-16(2)23-22(30)28-12-10-26(11-13-28)15-20-24-18-14-17(6-7-19(18)25(20)3)21(29)27-8-4-5-9-27/h6-7,14,16H,4-5,8-13,15H2,1-3H3,(H,23,30). The van der Waals surface area contributed by atoms with Crippen molar-refractivity contribution in [2.75, 3.05) is 39.3 Å². The van der Waals surface area contributed by atoms with Gasteiger partial charge in [-0.15, -0.1) is 0 Å². The highest BCUT2D eigenvalue weighted by molar-refractivity contribution is 5.97. The SMILES string of the molecule is CC(C)NC(=O)N1CCN(Cc2nc3cc(C(=O)N4CCCC4)ccc3n2C)CC1. The fraction of sp³-hybridized carbons (Fsp3) is 0.591. The summed E-state index contributed by atoms with van der Waals surface area (Å²) in [6.45, 7) is 9.49. The van der Waals surface area contributed by atoms with E-state index in [9.17, 15) is 9.59 Å². The number of nitrogens with zero attached hydrogens (tertiary/aromatic N) is 5. The molecule has 0 bridgehead atoms. The van der Waals surface area contributed by atoms with Crippen molar-refractivity contribution in [3.8, 4) is 0 Å².